The molecule has 6 nitrogen and oxygen atoms in total. The lowest BCUT2D eigenvalue weighted by Gasteiger charge is -2.21. The zero-order chi connectivity index (χ0) is 11.8. The first-order chi connectivity index (χ1) is 7.49. The van der Waals surface area contributed by atoms with Crippen molar-refractivity contribution >= 4 is 11.6 Å². The zero-order valence-corrected chi connectivity index (χ0v) is 8.79. The van der Waals surface area contributed by atoms with Crippen LogP contribution in [0, 0.1) is 0 Å². The highest BCUT2D eigenvalue weighted by molar-refractivity contribution is 5.68. The summed E-state index contributed by atoms with van der Waals surface area (Å²) >= 11 is 0. The maximum atomic E-state index is 10.7. The molecule has 0 amide bonds. The molecule has 0 aliphatic rings. The quantitative estimate of drug-likeness (QED) is 0.779. The van der Waals surface area contributed by atoms with Gasteiger partial charge < -0.3 is 10.8 Å². The molecule has 0 aliphatic carbocycles. The fourth-order valence-corrected chi connectivity index (χ4v) is 1.52. The van der Waals surface area contributed by atoms with E-state index in [2.05, 4.69) is 10.1 Å². The second kappa shape index (κ2) is 3.57. The van der Waals surface area contributed by atoms with Gasteiger partial charge in [0.05, 0.1) is 17.7 Å². The van der Waals surface area contributed by atoms with Gasteiger partial charge in [0.15, 0.2) is 5.65 Å². The second-order valence-electron chi connectivity index (χ2n) is 3.94. The van der Waals surface area contributed by atoms with E-state index < -0.39 is 11.5 Å². The summed E-state index contributed by atoms with van der Waals surface area (Å²) in [7, 11) is 0. The first-order valence-corrected chi connectivity index (χ1v) is 4.80. The number of imidazole rings is 1. The van der Waals surface area contributed by atoms with Crippen molar-refractivity contribution in [1.82, 2.24) is 14.6 Å². The normalized spacial score (nSPS) is 14.9. The summed E-state index contributed by atoms with van der Waals surface area (Å²) in [5, 5.41) is 13.0. The Morgan fingerprint density at radius 3 is 3.06 bits per heavy atom. The van der Waals surface area contributed by atoms with Gasteiger partial charge in [0, 0.05) is 12.4 Å². The highest BCUT2D eigenvalue weighted by atomic mass is 16.4. The van der Waals surface area contributed by atoms with E-state index in [4.69, 9.17) is 10.8 Å². The number of carboxylic acids is 1. The number of carboxylic acid groups (broad SMARTS) is 1. The van der Waals surface area contributed by atoms with Gasteiger partial charge in [0.25, 0.3) is 0 Å². The molecule has 2 heterocycles. The van der Waals surface area contributed by atoms with Crippen LogP contribution < -0.4 is 5.73 Å². The van der Waals surface area contributed by atoms with E-state index in [1.165, 1.54) is 0 Å². The van der Waals surface area contributed by atoms with Gasteiger partial charge >= 0.3 is 5.97 Å². The molecular formula is C10H12N4O2. The Kier molecular flexibility index (Phi) is 2.35. The summed E-state index contributed by atoms with van der Waals surface area (Å²) in [6, 6.07) is 3.46. The van der Waals surface area contributed by atoms with Crippen molar-refractivity contribution in [1.29, 1.82) is 0 Å². The molecule has 84 valence electrons. The Hall–Kier alpha value is -1.95. The fourth-order valence-electron chi connectivity index (χ4n) is 1.52. The lowest BCUT2D eigenvalue weighted by Crippen LogP contribution is -2.36. The van der Waals surface area contributed by atoms with Crippen molar-refractivity contribution < 1.29 is 9.90 Å². The molecule has 0 aromatic carbocycles. The van der Waals surface area contributed by atoms with Gasteiger partial charge in [-0.25, -0.2) is 9.50 Å². The van der Waals surface area contributed by atoms with E-state index in [1.807, 2.05) is 0 Å². The maximum absolute atomic E-state index is 10.7. The fraction of sp³-hybridized carbons (Fsp3) is 0.300. The Bertz CT molecular complexity index is 532. The van der Waals surface area contributed by atoms with Gasteiger partial charge in [0.1, 0.15) is 0 Å². The molecule has 0 radical (unpaired) electrons. The number of carbonyl (C=O) groups is 1. The monoisotopic (exact) mass is 220 g/mol. The lowest BCUT2D eigenvalue weighted by molar-refractivity contribution is -0.138. The Morgan fingerprint density at radius 1 is 1.62 bits per heavy atom. The molecule has 0 aliphatic heterocycles. The molecular weight excluding hydrogens is 208 g/mol. The van der Waals surface area contributed by atoms with E-state index in [0.29, 0.717) is 11.3 Å². The second-order valence-corrected chi connectivity index (χ2v) is 3.94. The molecule has 0 saturated carbocycles. The molecule has 0 saturated heterocycles. The van der Waals surface area contributed by atoms with E-state index >= 15 is 0 Å². The third-order valence-corrected chi connectivity index (χ3v) is 2.36. The summed E-state index contributed by atoms with van der Waals surface area (Å²) in [5.41, 5.74) is 6.17. The van der Waals surface area contributed by atoms with Gasteiger partial charge in [-0.05, 0) is 19.1 Å². The van der Waals surface area contributed by atoms with Crippen LogP contribution >= 0.6 is 0 Å². The van der Waals surface area contributed by atoms with Crippen molar-refractivity contribution in [3.63, 3.8) is 0 Å². The molecule has 2 rings (SSSR count). The number of rotatable bonds is 3. The number of nitrogens with two attached hydrogens (primary N) is 1. The minimum absolute atomic E-state index is 0.166. The number of hydrogen-bond donors (Lipinski definition) is 2. The summed E-state index contributed by atoms with van der Waals surface area (Å²) in [6.45, 7) is 1.65. The van der Waals surface area contributed by atoms with E-state index in [1.54, 1.807) is 36.0 Å². The van der Waals surface area contributed by atoms with E-state index in [-0.39, 0.29) is 6.42 Å². The van der Waals surface area contributed by atoms with Crippen LogP contribution in [0.25, 0.3) is 5.65 Å². The zero-order valence-electron chi connectivity index (χ0n) is 8.79. The maximum Gasteiger partial charge on any atom is 0.305 e. The van der Waals surface area contributed by atoms with Crippen LogP contribution in [-0.4, -0.2) is 25.7 Å². The predicted octanol–water partition coefficient (Wildman–Crippen LogP) is 0.378. The Balaban J connectivity index is 2.41. The smallest absolute Gasteiger partial charge is 0.305 e. The van der Waals surface area contributed by atoms with Crippen LogP contribution in [0.3, 0.4) is 0 Å². The Morgan fingerprint density at radius 2 is 2.38 bits per heavy atom. The number of nitrogens with zero attached hydrogens (tertiary/aromatic N) is 3. The molecule has 0 spiro atoms. The summed E-state index contributed by atoms with van der Waals surface area (Å²) in [6.07, 6.45) is 3.15. The number of aromatic nitrogens is 3. The van der Waals surface area contributed by atoms with E-state index in [0.717, 1.165) is 0 Å². The summed E-state index contributed by atoms with van der Waals surface area (Å²) in [4.78, 5) is 14.7. The first kappa shape index (κ1) is 10.6. The molecule has 0 fully saturated rings. The highest BCUT2D eigenvalue weighted by Crippen LogP contribution is 2.19. The van der Waals surface area contributed by atoms with Crippen molar-refractivity contribution in [2.24, 2.45) is 5.73 Å². The predicted molar refractivity (Wildman–Crippen MR) is 56.8 cm³/mol. The molecule has 2 aromatic rings. The van der Waals surface area contributed by atoms with Crippen LogP contribution in [0.5, 0.6) is 0 Å². The van der Waals surface area contributed by atoms with Crippen LogP contribution in [0.2, 0.25) is 0 Å². The van der Waals surface area contributed by atoms with Crippen molar-refractivity contribution in [3.8, 4) is 0 Å². The van der Waals surface area contributed by atoms with Crippen LogP contribution in [0.1, 0.15) is 19.0 Å². The Labute approximate surface area is 91.7 Å². The molecule has 0 bridgehead atoms. The minimum atomic E-state index is -0.982. The van der Waals surface area contributed by atoms with Crippen LogP contribution in [0.4, 0.5) is 0 Å². The topological polar surface area (TPSA) is 93.5 Å². The van der Waals surface area contributed by atoms with Gasteiger partial charge in [0.2, 0.25) is 0 Å². The third-order valence-electron chi connectivity index (χ3n) is 2.36. The van der Waals surface area contributed by atoms with Crippen molar-refractivity contribution in [2.45, 2.75) is 18.9 Å². The summed E-state index contributed by atoms with van der Waals surface area (Å²) < 4.78 is 1.57. The molecule has 1 atom stereocenters. The van der Waals surface area contributed by atoms with Gasteiger partial charge in [-0.2, -0.15) is 5.10 Å². The molecule has 3 N–H and O–H groups in total. The molecule has 0 unspecified atom stereocenters. The number of hydrogen-bond acceptors (Lipinski definition) is 4. The van der Waals surface area contributed by atoms with Gasteiger partial charge in [-0.1, -0.05) is 0 Å². The number of fused-ring (bicyclic) bond motifs is 1. The SMILES string of the molecule is C[C@](N)(CC(=O)O)c1ccc2nccn2n1. The van der Waals surface area contributed by atoms with Crippen LogP contribution in [0.15, 0.2) is 24.5 Å². The minimum Gasteiger partial charge on any atom is -0.481 e. The molecule has 2 aromatic heterocycles. The standard InChI is InChI=1S/C10H12N4O2/c1-10(11,6-9(15)16)7-2-3-8-12-4-5-14(8)13-7/h2-5H,6,11H2,1H3,(H,15,16)/t10-/m0/s1. The van der Waals surface area contributed by atoms with Gasteiger partial charge in [-0.15, -0.1) is 0 Å². The van der Waals surface area contributed by atoms with Crippen molar-refractivity contribution in [3.05, 3.63) is 30.2 Å². The highest BCUT2D eigenvalue weighted by Gasteiger charge is 2.26. The van der Waals surface area contributed by atoms with Crippen molar-refractivity contribution in [2.75, 3.05) is 0 Å². The first-order valence-electron chi connectivity index (χ1n) is 4.80. The largest absolute Gasteiger partial charge is 0.481 e. The van der Waals surface area contributed by atoms with Crippen LogP contribution in [-0.2, 0) is 10.3 Å². The van der Waals surface area contributed by atoms with E-state index in [9.17, 15) is 4.79 Å². The summed E-state index contributed by atoms with van der Waals surface area (Å²) in [5.74, 6) is -0.947. The molecule has 6 heteroatoms. The lowest BCUT2D eigenvalue weighted by atomic mass is 9.95. The third kappa shape index (κ3) is 1.87. The molecule has 16 heavy (non-hydrogen) atoms. The average molecular weight is 220 g/mol. The number of aliphatic carboxylic acids is 1. The average Bonchev–Trinajstić information content (AvgIpc) is 2.61. The van der Waals surface area contributed by atoms with Gasteiger partial charge in [-0.3, -0.25) is 4.79 Å².